The summed E-state index contributed by atoms with van der Waals surface area (Å²) in [5, 5.41) is 19.9. The molecular weight excluding hydrogens is 198 g/mol. The van der Waals surface area contributed by atoms with Gasteiger partial charge in [0.05, 0.1) is 12.2 Å². The summed E-state index contributed by atoms with van der Waals surface area (Å²) in [6.45, 7) is 4.25. The summed E-state index contributed by atoms with van der Waals surface area (Å²) < 4.78 is 10.6. The zero-order valence-corrected chi connectivity index (χ0v) is 8.80. The van der Waals surface area contributed by atoms with Gasteiger partial charge in [-0.3, -0.25) is 4.99 Å². The highest BCUT2D eigenvalue weighted by molar-refractivity contribution is 5.83. The quantitative estimate of drug-likeness (QED) is 0.625. The van der Waals surface area contributed by atoms with Crippen LogP contribution in [0.25, 0.3) is 0 Å². The molecule has 0 aromatic heterocycles. The predicted molar refractivity (Wildman–Crippen MR) is 53.5 cm³/mol. The van der Waals surface area contributed by atoms with Gasteiger partial charge in [-0.25, -0.2) is 0 Å². The molecule has 0 saturated carbocycles. The zero-order chi connectivity index (χ0) is 11.1. The lowest BCUT2D eigenvalue weighted by Gasteiger charge is -2.32. The molecule has 15 heavy (non-hydrogen) atoms. The van der Waals surface area contributed by atoms with E-state index in [0.717, 1.165) is 0 Å². The van der Waals surface area contributed by atoms with Gasteiger partial charge in [-0.2, -0.15) is 0 Å². The van der Waals surface area contributed by atoms with Crippen LogP contribution >= 0.6 is 0 Å². The lowest BCUT2D eigenvalue weighted by molar-refractivity contribution is -0.178. The molecule has 2 atom stereocenters. The van der Waals surface area contributed by atoms with E-state index in [4.69, 9.17) is 9.47 Å². The van der Waals surface area contributed by atoms with Gasteiger partial charge in [-0.1, -0.05) is 0 Å². The fraction of sp³-hybridized carbons (Fsp3) is 0.700. The van der Waals surface area contributed by atoms with E-state index in [2.05, 4.69) is 4.99 Å². The van der Waals surface area contributed by atoms with Crippen molar-refractivity contribution in [1.29, 1.82) is 0 Å². The molecule has 0 fully saturated rings. The largest absolute Gasteiger partial charge is 0.360 e. The van der Waals surface area contributed by atoms with Gasteiger partial charge in [0.15, 0.2) is 6.29 Å². The Hall–Kier alpha value is -0.750. The predicted octanol–water partition coefficient (Wildman–Crippen LogP) is -0.170. The maximum Gasteiger partial charge on any atom is 0.214 e. The second-order valence-corrected chi connectivity index (χ2v) is 3.72. The molecule has 0 amide bonds. The fourth-order valence-electron chi connectivity index (χ4n) is 1.81. The Labute approximate surface area is 88.0 Å². The van der Waals surface area contributed by atoms with Gasteiger partial charge >= 0.3 is 0 Å². The van der Waals surface area contributed by atoms with E-state index >= 15 is 0 Å². The number of rotatable bonds is 2. The van der Waals surface area contributed by atoms with Crippen molar-refractivity contribution in [2.75, 3.05) is 13.2 Å². The molecule has 84 valence electrons. The van der Waals surface area contributed by atoms with E-state index in [-0.39, 0.29) is 0 Å². The second kappa shape index (κ2) is 3.68. The molecule has 2 rings (SSSR count). The molecule has 0 spiro atoms. The van der Waals surface area contributed by atoms with E-state index in [9.17, 15) is 10.2 Å². The molecule has 5 nitrogen and oxygen atoms in total. The third-order valence-corrected chi connectivity index (χ3v) is 2.72. The summed E-state index contributed by atoms with van der Waals surface area (Å²) in [7, 11) is 0. The van der Waals surface area contributed by atoms with Crippen LogP contribution in [0, 0.1) is 0 Å². The van der Waals surface area contributed by atoms with Crippen molar-refractivity contribution in [2.24, 2.45) is 4.99 Å². The van der Waals surface area contributed by atoms with Gasteiger partial charge in [0.1, 0.15) is 6.04 Å². The molecule has 2 aliphatic rings. The second-order valence-electron chi connectivity index (χ2n) is 3.72. The minimum Gasteiger partial charge on any atom is -0.360 e. The van der Waals surface area contributed by atoms with Crippen LogP contribution in [0.3, 0.4) is 0 Å². The number of aliphatic hydroxyl groups is 2. The van der Waals surface area contributed by atoms with Gasteiger partial charge in [-0.05, 0) is 13.8 Å². The molecule has 0 aliphatic carbocycles. The Morgan fingerprint density at radius 3 is 3.07 bits per heavy atom. The average molecular weight is 213 g/mol. The van der Waals surface area contributed by atoms with Crippen LogP contribution in [0.1, 0.15) is 13.8 Å². The van der Waals surface area contributed by atoms with Crippen LogP contribution in [0.2, 0.25) is 0 Å². The highest BCUT2D eigenvalue weighted by Crippen LogP contribution is 2.35. The molecule has 2 heterocycles. The van der Waals surface area contributed by atoms with Crippen LogP contribution in [0.4, 0.5) is 0 Å². The van der Waals surface area contributed by atoms with Crippen LogP contribution in [-0.2, 0) is 9.47 Å². The van der Waals surface area contributed by atoms with Crippen LogP contribution < -0.4 is 0 Å². The summed E-state index contributed by atoms with van der Waals surface area (Å²) in [6.07, 6.45) is 0.971. The Balaban J connectivity index is 2.32. The maximum atomic E-state index is 9.93. The average Bonchev–Trinajstić information content (AvgIpc) is 2.57. The first kappa shape index (κ1) is 10.8. The lowest BCUT2D eigenvalue weighted by Crippen LogP contribution is -2.47. The third kappa shape index (κ3) is 1.61. The van der Waals surface area contributed by atoms with Crippen LogP contribution in [0.15, 0.2) is 16.1 Å². The molecular formula is C10H15NO4. The monoisotopic (exact) mass is 213 g/mol. The lowest BCUT2D eigenvalue weighted by atomic mass is 9.93. The first-order valence-corrected chi connectivity index (χ1v) is 5.02. The molecule has 0 bridgehead atoms. The van der Waals surface area contributed by atoms with Crippen molar-refractivity contribution in [3.05, 3.63) is 11.1 Å². The number of ether oxygens (including phenoxy) is 2. The Bertz CT molecular complexity index is 321. The van der Waals surface area contributed by atoms with E-state index in [0.29, 0.717) is 24.4 Å². The van der Waals surface area contributed by atoms with E-state index in [1.54, 1.807) is 13.1 Å². The van der Waals surface area contributed by atoms with Gasteiger partial charge in [-0.15, -0.1) is 0 Å². The summed E-state index contributed by atoms with van der Waals surface area (Å²) in [6, 6.07) is -0.596. The van der Waals surface area contributed by atoms with E-state index in [1.165, 1.54) is 0 Å². The Morgan fingerprint density at radius 1 is 1.67 bits per heavy atom. The standard InChI is InChI=1S/C10H15NO4/c1-3-14-9-8-7(5-15-9)4-11-6(2)10(8,12)13/h4,6,9,12-13H,3,5H2,1-2H3. The van der Waals surface area contributed by atoms with Crippen LogP contribution in [-0.4, -0.2) is 47.8 Å². The molecule has 5 heteroatoms. The Kier molecular flexibility index (Phi) is 2.64. The van der Waals surface area contributed by atoms with Gasteiger partial charge in [0.25, 0.3) is 0 Å². The number of hydrogen-bond acceptors (Lipinski definition) is 5. The Morgan fingerprint density at radius 2 is 2.40 bits per heavy atom. The molecule has 2 aliphatic heterocycles. The smallest absolute Gasteiger partial charge is 0.214 e. The van der Waals surface area contributed by atoms with E-state index < -0.39 is 18.1 Å². The number of aliphatic imine (C=N–C) groups is 1. The van der Waals surface area contributed by atoms with Gasteiger partial charge < -0.3 is 19.7 Å². The number of nitrogens with zero attached hydrogens (tertiary/aromatic N) is 1. The third-order valence-electron chi connectivity index (χ3n) is 2.72. The SMILES string of the molecule is CCOC1OCC2=C1C(O)(O)C(C)N=C2. The first-order chi connectivity index (χ1) is 7.07. The molecule has 0 aromatic rings. The topological polar surface area (TPSA) is 71.3 Å². The van der Waals surface area contributed by atoms with Crippen molar-refractivity contribution < 1.29 is 19.7 Å². The highest BCUT2D eigenvalue weighted by Gasteiger charge is 2.46. The molecule has 2 N–H and O–H groups in total. The van der Waals surface area contributed by atoms with Crippen molar-refractivity contribution in [3.8, 4) is 0 Å². The molecule has 0 radical (unpaired) electrons. The van der Waals surface area contributed by atoms with Crippen molar-refractivity contribution in [3.63, 3.8) is 0 Å². The zero-order valence-electron chi connectivity index (χ0n) is 8.80. The molecule has 0 saturated heterocycles. The van der Waals surface area contributed by atoms with Crippen LogP contribution in [0.5, 0.6) is 0 Å². The van der Waals surface area contributed by atoms with Gasteiger partial charge in [0.2, 0.25) is 5.79 Å². The normalized spacial score (nSPS) is 33.3. The van der Waals surface area contributed by atoms with Crippen molar-refractivity contribution >= 4 is 6.21 Å². The summed E-state index contributed by atoms with van der Waals surface area (Å²) in [5.41, 5.74) is 1.10. The number of hydrogen-bond donors (Lipinski definition) is 2. The summed E-state index contributed by atoms with van der Waals surface area (Å²) in [5.74, 6) is -1.96. The number of dihydropyridines is 1. The fourth-order valence-corrected chi connectivity index (χ4v) is 1.81. The summed E-state index contributed by atoms with van der Waals surface area (Å²) in [4.78, 5) is 4.00. The minimum absolute atomic E-state index is 0.319. The minimum atomic E-state index is -1.96. The molecule has 0 aromatic carbocycles. The van der Waals surface area contributed by atoms with Gasteiger partial charge in [0, 0.05) is 18.4 Å². The van der Waals surface area contributed by atoms with Crippen molar-refractivity contribution in [2.45, 2.75) is 32.0 Å². The molecule has 2 unspecified atom stereocenters. The maximum absolute atomic E-state index is 9.93. The summed E-state index contributed by atoms with van der Waals surface area (Å²) >= 11 is 0. The van der Waals surface area contributed by atoms with E-state index in [1.807, 2.05) is 6.92 Å². The van der Waals surface area contributed by atoms with Crippen molar-refractivity contribution in [1.82, 2.24) is 0 Å². The first-order valence-electron chi connectivity index (χ1n) is 5.02. The highest BCUT2D eigenvalue weighted by atomic mass is 16.7.